The highest BCUT2D eigenvalue weighted by Gasteiger charge is 1.96. The van der Waals surface area contributed by atoms with E-state index in [0.29, 0.717) is 13.0 Å². The Hall–Kier alpha value is -1.38. The van der Waals surface area contributed by atoms with E-state index in [1.165, 1.54) is 18.1 Å². The van der Waals surface area contributed by atoms with Gasteiger partial charge in [-0.2, -0.15) is 0 Å². The number of ketones is 1. The topological polar surface area (TPSA) is 43.4 Å². The third-order valence-corrected chi connectivity index (χ3v) is 2.85. The number of hydrogen-bond acceptors (Lipinski definition) is 3. The lowest BCUT2D eigenvalue weighted by molar-refractivity contribution is -0.139. The molecule has 0 unspecified atom stereocenters. The van der Waals surface area contributed by atoms with Crippen LogP contribution in [0, 0.1) is 0 Å². The van der Waals surface area contributed by atoms with Crippen LogP contribution in [-0.2, 0) is 14.3 Å². The Morgan fingerprint density at radius 2 is 1.53 bits per heavy atom. The Morgan fingerprint density at radius 3 is 2.11 bits per heavy atom. The van der Waals surface area contributed by atoms with Gasteiger partial charge in [-0.3, -0.25) is 4.79 Å². The number of esters is 1. The molecule has 0 aliphatic rings. The van der Waals surface area contributed by atoms with Crippen LogP contribution in [0.3, 0.4) is 0 Å². The second-order valence-electron chi connectivity index (χ2n) is 5.00. The van der Waals surface area contributed by atoms with Crippen molar-refractivity contribution < 1.29 is 14.3 Å². The molecule has 0 aromatic rings. The number of carbonyl (C=O) groups excluding carboxylic acids is 2. The van der Waals surface area contributed by atoms with Crippen LogP contribution in [0.5, 0.6) is 0 Å². The molecule has 0 aliphatic carbocycles. The molecule has 0 saturated carbocycles. The molecule has 0 atom stereocenters. The summed E-state index contributed by atoms with van der Waals surface area (Å²) < 4.78 is 4.85. The van der Waals surface area contributed by atoms with E-state index >= 15 is 0 Å². The highest BCUT2D eigenvalue weighted by molar-refractivity contribution is 5.75. The monoisotopic (exact) mass is 266 g/mol. The first-order chi connectivity index (χ1) is 8.91. The molecule has 0 aromatic carbocycles. The van der Waals surface area contributed by atoms with Gasteiger partial charge in [0, 0.05) is 13.3 Å². The van der Waals surface area contributed by atoms with Crippen molar-refractivity contribution in [3.05, 3.63) is 23.3 Å². The molecule has 3 nitrogen and oxygen atoms in total. The summed E-state index contributed by atoms with van der Waals surface area (Å²) >= 11 is 0. The zero-order valence-electron chi connectivity index (χ0n) is 12.6. The average molecular weight is 266 g/mol. The van der Waals surface area contributed by atoms with E-state index in [9.17, 15) is 9.59 Å². The molecule has 0 saturated heterocycles. The minimum Gasteiger partial charge on any atom is -0.462 e. The molecule has 0 rings (SSSR count). The highest BCUT2D eigenvalue weighted by atomic mass is 16.5. The summed E-state index contributed by atoms with van der Waals surface area (Å²) in [5.74, 6) is 0.0160. The average Bonchev–Trinajstić information content (AvgIpc) is 2.27. The van der Waals surface area contributed by atoms with Crippen LogP contribution in [0.2, 0.25) is 0 Å². The number of ether oxygens (including phenoxy) is 1. The smallest absolute Gasteiger partial charge is 0.302 e. The number of hydrogen-bond donors (Lipinski definition) is 0. The molecule has 3 heteroatoms. The fourth-order valence-electron chi connectivity index (χ4n) is 1.67. The van der Waals surface area contributed by atoms with Crippen molar-refractivity contribution >= 4 is 11.8 Å². The van der Waals surface area contributed by atoms with Crippen molar-refractivity contribution in [2.24, 2.45) is 0 Å². The Balaban J connectivity index is 3.80. The molecule has 0 bridgehead atoms. The molecule has 108 valence electrons. The third-order valence-electron chi connectivity index (χ3n) is 2.85. The first kappa shape index (κ1) is 17.6. The SMILES string of the molecule is CC(=O)CCC/C(C)=C/CC/C(C)=C/COC(C)=O. The van der Waals surface area contributed by atoms with Gasteiger partial charge in [-0.05, 0) is 52.5 Å². The van der Waals surface area contributed by atoms with E-state index in [1.54, 1.807) is 6.92 Å². The summed E-state index contributed by atoms with van der Waals surface area (Å²) in [6, 6.07) is 0. The summed E-state index contributed by atoms with van der Waals surface area (Å²) in [6.45, 7) is 7.57. The standard InChI is InChI=1S/C16H26O3/c1-13(9-6-10-15(3)17)7-5-8-14(2)11-12-19-16(4)18/h7,11H,5-6,8-10,12H2,1-4H3/b13-7+,14-11+. The normalized spacial score (nSPS) is 12.4. The van der Waals surface area contributed by atoms with Crippen LogP contribution < -0.4 is 0 Å². The summed E-state index contributed by atoms with van der Waals surface area (Å²) in [5.41, 5.74) is 2.57. The lowest BCUT2D eigenvalue weighted by Crippen LogP contribution is -1.98. The molecule has 0 heterocycles. The first-order valence-corrected chi connectivity index (χ1v) is 6.86. The van der Waals surface area contributed by atoms with E-state index in [-0.39, 0.29) is 11.8 Å². The fourth-order valence-corrected chi connectivity index (χ4v) is 1.67. The zero-order chi connectivity index (χ0) is 14.7. The molecule has 0 aliphatic heterocycles. The van der Waals surface area contributed by atoms with Crippen LogP contribution >= 0.6 is 0 Å². The van der Waals surface area contributed by atoms with E-state index in [1.807, 2.05) is 13.0 Å². The van der Waals surface area contributed by atoms with Crippen molar-refractivity contribution in [3.63, 3.8) is 0 Å². The molecule has 0 amide bonds. The summed E-state index contributed by atoms with van der Waals surface area (Å²) in [5, 5.41) is 0. The van der Waals surface area contributed by atoms with E-state index in [4.69, 9.17) is 4.74 Å². The first-order valence-electron chi connectivity index (χ1n) is 6.86. The second kappa shape index (κ2) is 10.5. The maximum Gasteiger partial charge on any atom is 0.302 e. The van der Waals surface area contributed by atoms with Crippen molar-refractivity contribution in [2.45, 2.75) is 59.8 Å². The van der Waals surface area contributed by atoms with Crippen molar-refractivity contribution in [2.75, 3.05) is 6.61 Å². The fraction of sp³-hybridized carbons (Fsp3) is 0.625. The van der Waals surface area contributed by atoms with E-state index in [2.05, 4.69) is 13.0 Å². The number of carbonyl (C=O) groups is 2. The lowest BCUT2D eigenvalue weighted by atomic mass is 10.1. The van der Waals surface area contributed by atoms with E-state index < -0.39 is 0 Å². The quantitative estimate of drug-likeness (QED) is 0.468. The van der Waals surface area contributed by atoms with Crippen LogP contribution in [0.15, 0.2) is 23.3 Å². The third kappa shape index (κ3) is 12.9. The van der Waals surface area contributed by atoms with Crippen molar-refractivity contribution in [1.29, 1.82) is 0 Å². The van der Waals surface area contributed by atoms with Crippen LogP contribution in [0.25, 0.3) is 0 Å². The Labute approximate surface area is 116 Å². The number of allylic oxidation sites excluding steroid dienone is 3. The predicted molar refractivity (Wildman–Crippen MR) is 77.9 cm³/mol. The van der Waals surface area contributed by atoms with Gasteiger partial charge in [-0.15, -0.1) is 0 Å². The highest BCUT2D eigenvalue weighted by Crippen LogP contribution is 2.11. The van der Waals surface area contributed by atoms with Crippen molar-refractivity contribution in [1.82, 2.24) is 0 Å². The minimum absolute atomic E-state index is 0.245. The van der Waals surface area contributed by atoms with Crippen LogP contribution in [0.1, 0.15) is 59.8 Å². The van der Waals surface area contributed by atoms with Gasteiger partial charge in [0.25, 0.3) is 0 Å². The number of rotatable bonds is 9. The van der Waals surface area contributed by atoms with Crippen LogP contribution in [-0.4, -0.2) is 18.4 Å². The van der Waals surface area contributed by atoms with Gasteiger partial charge in [-0.1, -0.05) is 17.2 Å². The van der Waals surface area contributed by atoms with Gasteiger partial charge in [0.05, 0.1) is 0 Å². The van der Waals surface area contributed by atoms with Crippen LogP contribution in [0.4, 0.5) is 0 Å². The molecule has 0 N–H and O–H groups in total. The summed E-state index contributed by atoms with van der Waals surface area (Å²) in [7, 11) is 0. The molecular weight excluding hydrogens is 240 g/mol. The molecule has 0 spiro atoms. The van der Waals surface area contributed by atoms with Gasteiger partial charge in [0.15, 0.2) is 0 Å². The molecule has 0 radical (unpaired) electrons. The van der Waals surface area contributed by atoms with Gasteiger partial charge >= 0.3 is 5.97 Å². The lowest BCUT2D eigenvalue weighted by Gasteiger charge is -2.02. The summed E-state index contributed by atoms with van der Waals surface area (Å²) in [4.78, 5) is 21.4. The molecule has 0 fully saturated rings. The second-order valence-corrected chi connectivity index (χ2v) is 5.00. The van der Waals surface area contributed by atoms with Gasteiger partial charge in [0.1, 0.15) is 12.4 Å². The number of Topliss-reactive ketones (excluding diaryl/α,β-unsaturated/α-hetero) is 1. The molecular formula is C16H26O3. The maximum absolute atomic E-state index is 10.8. The Bertz CT molecular complexity index is 351. The maximum atomic E-state index is 10.8. The zero-order valence-corrected chi connectivity index (χ0v) is 12.6. The Morgan fingerprint density at radius 1 is 0.895 bits per heavy atom. The largest absolute Gasteiger partial charge is 0.462 e. The van der Waals surface area contributed by atoms with E-state index in [0.717, 1.165) is 25.7 Å². The minimum atomic E-state index is -0.245. The van der Waals surface area contributed by atoms with Gasteiger partial charge < -0.3 is 9.53 Å². The van der Waals surface area contributed by atoms with Gasteiger partial charge in [0.2, 0.25) is 0 Å². The predicted octanol–water partition coefficient (Wildman–Crippen LogP) is 3.98. The summed E-state index contributed by atoms with van der Waals surface area (Å²) in [6.07, 6.45) is 8.75. The Kier molecular flexibility index (Phi) is 9.77. The van der Waals surface area contributed by atoms with Gasteiger partial charge in [-0.25, -0.2) is 0 Å². The molecule has 19 heavy (non-hydrogen) atoms. The van der Waals surface area contributed by atoms with Crippen molar-refractivity contribution in [3.8, 4) is 0 Å². The molecule has 0 aromatic heterocycles.